The molecule has 5 aromatic heterocycles. The summed E-state index contributed by atoms with van der Waals surface area (Å²) in [7, 11) is 9.43. The van der Waals surface area contributed by atoms with Gasteiger partial charge < -0.3 is 0 Å². The van der Waals surface area contributed by atoms with Crippen molar-refractivity contribution in [2.24, 2.45) is 35.2 Å². The van der Waals surface area contributed by atoms with Crippen molar-refractivity contribution in [1.82, 2.24) is 0 Å². The zero-order chi connectivity index (χ0) is 132. The third-order valence-corrected chi connectivity index (χ3v) is 26.4. The van der Waals surface area contributed by atoms with Crippen molar-refractivity contribution in [3.8, 4) is 168 Å². The highest BCUT2D eigenvalue weighted by Crippen LogP contribution is 2.41. The summed E-state index contributed by atoms with van der Waals surface area (Å²) in [5, 5.41) is 0. The molecular weight excluding hydrogens is 1740 g/mol. The van der Waals surface area contributed by atoms with Crippen LogP contribution in [-0.4, -0.2) is 0 Å². The molecule has 714 valence electrons. The van der Waals surface area contributed by atoms with Crippen molar-refractivity contribution in [2.75, 3.05) is 0 Å². The van der Waals surface area contributed by atoms with Crippen molar-refractivity contribution in [3.63, 3.8) is 0 Å². The first-order valence-electron chi connectivity index (χ1n) is 65.5. The highest BCUT2D eigenvalue weighted by Gasteiger charge is 2.25. The molecule has 0 amide bonds. The molecule has 0 aliphatic heterocycles. The second-order valence-corrected chi connectivity index (χ2v) is 36.5. The first-order valence-corrected chi connectivity index (χ1v) is 47.5. The van der Waals surface area contributed by atoms with Gasteiger partial charge in [0.2, 0.25) is 28.5 Å². The van der Waals surface area contributed by atoms with Gasteiger partial charge in [-0.2, -0.15) is 0 Å². The summed E-state index contributed by atoms with van der Waals surface area (Å²) in [6.07, 6.45) is 9.07. The predicted octanol–water partition coefficient (Wildman–Crippen LogP) is 33.4. The van der Waals surface area contributed by atoms with Gasteiger partial charge in [-0.3, -0.25) is 0 Å². The molecule has 5 heteroatoms. The second kappa shape index (κ2) is 44.9. The fourth-order valence-corrected chi connectivity index (χ4v) is 18.4. The van der Waals surface area contributed by atoms with Gasteiger partial charge in [-0.25, -0.2) is 22.8 Å². The first-order chi connectivity index (χ1) is 83.9. The SMILES string of the molecule is [2H]C([2H])([2H])c1ccccc1-c1ccc(C)c(-c2cc(-c3c(C([2H])([2H])[2H])cc(C)cc3C([2H])([2H])[2H])cc[n+]2C)c1.[2H]C([2H])([2H])c1ccccc1-c1ccc(C)c(-c2cc(-c3c(C([2H])([2H])[2H])cccc3C([2H])([2H])[2H])cc[n+]2C)c1.[2H]C([2H])([2H])c1ccccc1-c1ccc(C)c(-c2cc(-c3ccc(C)cc3C([2H])([2H])[2H])cc[n+]2C)c1.[2H]C([2H])([2H])c1ccccc1-c1ccc(C)c(-c2cc(-c3ccccc3)c(C([2H])([2H])[2H])c[n+]2C)c1.[2H]C([2H])([2H])c1ccccc1-c1ccc(C)c(-c2cc(-c3ccccc3C([2H])([2H])[2H])cc[n+]2C)c1. The Balaban J connectivity index is 0.000000155. The van der Waals surface area contributed by atoms with E-state index in [0.29, 0.717) is 89.0 Å². The van der Waals surface area contributed by atoms with Crippen LogP contribution in [0.3, 0.4) is 0 Å². The van der Waals surface area contributed by atoms with Gasteiger partial charge in [-0.15, -0.1) is 0 Å². The molecule has 0 unspecified atom stereocenters. The smallest absolute Gasteiger partial charge is 0.201 e. The molecule has 0 fully saturated rings. The van der Waals surface area contributed by atoms with E-state index in [-0.39, 0.29) is 50.1 Å². The summed E-state index contributed by atoms with van der Waals surface area (Å²) >= 11 is 0. The molecule has 15 aromatic carbocycles. The average Bonchev–Trinajstić information content (AvgIpc) is 0.750. The third kappa shape index (κ3) is 22.8. The molecule has 0 bridgehead atoms. The lowest BCUT2D eigenvalue weighted by Gasteiger charge is -2.14. The van der Waals surface area contributed by atoms with Crippen LogP contribution in [0.15, 0.2) is 401 Å². The molecule has 0 atom stereocenters. The number of hydrogen-bond donors (Lipinski definition) is 0. The molecule has 20 rings (SSSR count). The fraction of sp³-hybridized carbons (Fsp3) is 0.173. The van der Waals surface area contributed by atoms with E-state index in [1.54, 1.807) is 153 Å². The van der Waals surface area contributed by atoms with E-state index in [2.05, 4.69) is 0 Å². The van der Waals surface area contributed by atoms with Gasteiger partial charge in [0.05, 0.1) is 0 Å². The van der Waals surface area contributed by atoms with Crippen LogP contribution in [0.25, 0.3) is 168 Å². The Morgan fingerprint density at radius 3 is 0.708 bits per heavy atom. The van der Waals surface area contributed by atoms with Gasteiger partial charge in [0.15, 0.2) is 31.0 Å². The minimum atomic E-state index is -2.52. The number of nitrogens with zero attached hydrogens (tertiary/aromatic N) is 5. The number of aromatic nitrogens is 5. The minimum absolute atomic E-state index is 0.00879. The van der Waals surface area contributed by atoms with Crippen LogP contribution in [0.4, 0.5) is 0 Å². The van der Waals surface area contributed by atoms with E-state index in [1.807, 2.05) is 324 Å². The third-order valence-electron chi connectivity index (χ3n) is 26.4. The summed E-state index contributed by atoms with van der Waals surface area (Å²) in [6.45, 7) is -14.5. The Labute approximate surface area is 908 Å². The molecule has 144 heavy (non-hydrogen) atoms. The van der Waals surface area contributed by atoms with E-state index in [9.17, 15) is 0 Å². The first kappa shape index (κ1) is 64.5. The lowest BCUT2D eigenvalue weighted by Crippen LogP contribution is -2.31. The van der Waals surface area contributed by atoms with E-state index in [0.717, 1.165) is 134 Å². The molecule has 0 spiro atoms. The van der Waals surface area contributed by atoms with E-state index in [1.165, 1.54) is 30.3 Å². The average molecular weight is 1910 g/mol. The largest absolute Gasteiger partial charge is 0.213 e. The normalized spacial score (nSPS) is 15.7. The molecule has 0 saturated carbocycles. The summed E-state index contributed by atoms with van der Waals surface area (Å²) in [6, 6.07) is 110. The number of hydrogen-bond acceptors (Lipinski definition) is 0. The van der Waals surface area contributed by atoms with E-state index < -0.39 is 82.2 Å². The van der Waals surface area contributed by atoms with Crippen molar-refractivity contribution in [3.05, 3.63) is 507 Å². The Hall–Kier alpha value is -16.0. The van der Waals surface area contributed by atoms with Crippen molar-refractivity contribution < 1.29 is 72.2 Å². The Kier molecular flexibility index (Phi) is 20.1. The van der Waals surface area contributed by atoms with Gasteiger partial charge in [-0.1, -0.05) is 296 Å². The van der Waals surface area contributed by atoms with Crippen LogP contribution in [0.2, 0.25) is 0 Å². The number of aryl methyl sites for hydroxylation is 24. The Morgan fingerprint density at radius 1 is 0.146 bits per heavy atom. The molecule has 5 heterocycles. The molecule has 0 saturated heterocycles. The maximum Gasteiger partial charge on any atom is 0.213 e. The topological polar surface area (TPSA) is 19.4 Å². The maximum absolute atomic E-state index is 8.15. The maximum atomic E-state index is 8.15. The van der Waals surface area contributed by atoms with Gasteiger partial charge in [0, 0.05) is 137 Å². The Morgan fingerprint density at radius 2 is 0.396 bits per heavy atom. The van der Waals surface area contributed by atoms with E-state index in [4.69, 9.17) is 49.3 Å². The van der Waals surface area contributed by atoms with Gasteiger partial charge in [0.1, 0.15) is 35.2 Å². The van der Waals surface area contributed by atoms with Crippen LogP contribution < -0.4 is 22.8 Å². The summed E-state index contributed by atoms with van der Waals surface area (Å²) in [5.74, 6) is 0. The molecule has 0 aliphatic carbocycles. The zero-order valence-corrected chi connectivity index (χ0v) is 82.8. The monoisotopic (exact) mass is 1910 g/mol. The molecule has 5 nitrogen and oxygen atoms in total. The van der Waals surface area contributed by atoms with Crippen LogP contribution in [0.1, 0.15) is 155 Å². The number of rotatable bonds is 15. The summed E-state index contributed by atoms with van der Waals surface area (Å²) < 4.78 is 298. The second-order valence-electron chi connectivity index (χ2n) is 36.5. The van der Waals surface area contributed by atoms with E-state index >= 15 is 0 Å². The van der Waals surface area contributed by atoms with Crippen LogP contribution >= 0.6 is 0 Å². The lowest BCUT2D eigenvalue weighted by atomic mass is 9.91. The number of benzene rings is 15. The zero-order valence-electron chi connectivity index (χ0n) is 119. The lowest BCUT2D eigenvalue weighted by molar-refractivity contribution is -0.660. The molecule has 0 N–H and O–H groups in total. The predicted molar refractivity (Wildman–Crippen MR) is 610 cm³/mol. The molecule has 0 radical (unpaired) electrons. The highest BCUT2D eigenvalue weighted by molar-refractivity contribution is 5.85. The van der Waals surface area contributed by atoms with Crippen LogP contribution in [0.5, 0.6) is 0 Å². The minimum Gasteiger partial charge on any atom is -0.201 e. The summed E-state index contributed by atoms with van der Waals surface area (Å²) in [5.41, 5.74) is 30.1. The standard InChI is InChI=1S/C29H30N.2C28H28N.2C27H26N/c1-19-15-22(4)29(23(5)16-19)25-13-14-30(6)28(18-25)27-17-24(12-11-21(27)3)26-10-8-7-9-20(26)2;1-19-9-6-7-12-25(19)23-14-13-20(2)26(17-23)27-18-24(15-16-29(27)5)28-21(3)10-8-11-22(28)4;1-19-10-13-26(22(4)16-19)24-14-15-29(5)28(18-24)27-17-23(12-11-21(27)3)25-9-7-6-8-20(25)2;1-19-9-5-7-11-24(19)22-14-13-21(3)26(17-22)27-18-23(15-16-28(27)4)25-12-8-6-10-20(25)2;1-19-10-8-9-13-24(19)23-15-14-20(2)26(16-23)27-17-25(21(3)18-28(27)4)22-11-6-5-7-12-22/h7-18H,1-6H3;2*6-18H,1-5H3;2*5-18H,1-4H3/q5*+1/i2D3,4D3,5D3;1D3,3D3,4D3;2D3,4D3;1D3,2D3;1D3,3D3. The molecule has 0 aliphatic rings. The number of pyridine rings is 5. The molecule has 20 aromatic rings. The van der Waals surface area contributed by atoms with Crippen molar-refractivity contribution in [2.45, 2.75) is 131 Å². The van der Waals surface area contributed by atoms with Crippen molar-refractivity contribution >= 4 is 0 Å². The van der Waals surface area contributed by atoms with Crippen LogP contribution in [-0.2, 0) is 35.2 Å². The van der Waals surface area contributed by atoms with Gasteiger partial charge in [-0.05, 0) is 361 Å². The van der Waals surface area contributed by atoms with Gasteiger partial charge >= 0.3 is 0 Å². The Bertz CT molecular complexity index is 9510. The van der Waals surface area contributed by atoms with Gasteiger partial charge in [0.25, 0.3) is 0 Å². The molecular formula is C139H138N5+5. The quantitative estimate of drug-likeness (QED) is 0.0912. The summed E-state index contributed by atoms with van der Waals surface area (Å²) in [4.78, 5) is 0. The van der Waals surface area contributed by atoms with Crippen LogP contribution in [0, 0.1) is 131 Å². The highest BCUT2D eigenvalue weighted by atomic mass is 14.9. The fourth-order valence-electron chi connectivity index (χ4n) is 18.4. The van der Waals surface area contributed by atoms with Crippen molar-refractivity contribution in [1.29, 1.82) is 0 Å².